The zero-order valence-corrected chi connectivity index (χ0v) is 14.8. The normalized spacial score (nSPS) is 18.7. The van der Waals surface area contributed by atoms with Crippen molar-refractivity contribution >= 4 is 16.9 Å². The Labute approximate surface area is 151 Å². The van der Waals surface area contributed by atoms with Gasteiger partial charge in [-0.05, 0) is 48.9 Å². The molecule has 26 heavy (non-hydrogen) atoms. The number of esters is 1. The average molecular weight is 348 g/mol. The molecule has 0 radical (unpaired) electrons. The van der Waals surface area contributed by atoms with Gasteiger partial charge in [0.25, 0.3) is 0 Å². The van der Waals surface area contributed by atoms with Crippen molar-refractivity contribution in [1.29, 1.82) is 0 Å². The molecular formula is C22H20O4. The van der Waals surface area contributed by atoms with Crippen molar-refractivity contribution in [2.75, 3.05) is 6.61 Å². The summed E-state index contributed by atoms with van der Waals surface area (Å²) in [4.78, 5) is 24.0. The van der Waals surface area contributed by atoms with Crippen LogP contribution in [0.1, 0.15) is 30.4 Å². The van der Waals surface area contributed by atoms with Gasteiger partial charge in [0.05, 0.1) is 12.5 Å². The SMILES string of the molecule is CCOC(=O)[C@H]1C[C@@H]1c1ccc2c(-c3ccccc3C)cc(=O)oc2c1. The summed E-state index contributed by atoms with van der Waals surface area (Å²) in [6.45, 7) is 4.24. The first-order chi connectivity index (χ1) is 12.6. The molecule has 132 valence electrons. The van der Waals surface area contributed by atoms with Crippen LogP contribution in [0.15, 0.2) is 57.7 Å². The lowest BCUT2D eigenvalue weighted by Gasteiger charge is -2.10. The second-order valence-electron chi connectivity index (χ2n) is 6.75. The Morgan fingerprint density at radius 3 is 2.73 bits per heavy atom. The third kappa shape index (κ3) is 2.92. The minimum absolute atomic E-state index is 0.0846. The molecule has 1 aromatic heterocycles. The van der Waals surface area contributed by atoms with Gasteiger partial charge in [-0.1, -0.05) is 36.4 Å². The number of benzene rings is 2. The zero-order valence-electron chi connectivity index (χ0n) is 14.8. The molecule has 0 unspecified atom stereocenters. The van der Waals surface area contributed by atoms with Crippen molar-refractivity contribution in [3.63, 3.8) is 0 Å². The average Bonchev–Trinajstić information content (AvgIpc) is 3.42. The van der Waals surface area contributed by atoms with Crippen molar-refractivity contribution in [3.05, 3.63) is 70.1 Å². The van der Waals surface area contributed by atoms with E-state index >= 15 is 0 Å². The van der Waals surface area contributed by atoms with Crippen molar-refractivity contribution in [3.8, 4) is 11.1 Å². The molecule has 1 aliphatic rings. The summed E-state index contributed by atoms with van der Waals surface area (Å²) < 4.78 is 10.6. The predicted molar refractivity (Wildman–Crippen MR) is 100 cm³/mol. The fourth-order valence-corrected chi connectivity index (χ4v) is 3.58. The van der Waals surface area contributed by atoms with Crippen LogP contribution >= 0.6 is 0 Å². The summed E-state index contributed by atoms with van der Waals surface area (Å²) in [6, 6.07) is 15.4. The maximum Gasteiger partial charge on any atom is 0.336 e. The number of carbonyl (C=O) groups is 1. The molecule has 0 spiro atoms. The fraction of sp³-hybridized carbons (Fsp3) is 0.273. The maximum atomic E-state index is 12.1. The van der Waals surface area contributed by atoms with Gasteiger partial charge < -0.3 is 9.15 Å². The largest absolute Gasteiger partial charge is 0.466 e. The third-order valence-corrected chi connectivity index (χ3v) is 5.01. The van der Waals surface area contributed by atoms with Crippen LogP contribution in [0.2, 0.25) is 0 Å². The third-order valence-electron chi connectivity index (χ3n) is 5.01. The van der Waals surface area contributed by atoms with Crippen LogP contribution in [0.3, 0.4) is 0 Å². The first-order valence-electron chi connectivity index (χ1n) is 8.89. The Morgan fingerprint density at radius 2 is 1.96 bits per heavy atom. The molecule has 3 aromatic rings. The van der Waals surface area contributed by atoms with Crippen molar-refractivity contribution in [2.24, 2.45) is 5.92 Å². The smallest absolute Gasteiger partial charge is 0.336 e. The van der Waals surface area contributed by atoms with Crippen LogP contribution in [-0.4, -0.2) is 12.6 Å². The Bertz CT molecular complexity index is 1050. The van der Waals surface area contributed by atoms with E-state index in [0.29, 0.717) is 12.2 Å². The lowest BCUT2D eigenvalue weighted by molar-refractivity contribution is -0.144. The topological polar surface area (TPSA) is 56.5 Å². The highest BCUT2D eigenvalue weighted by Gasteiger charge is 2.45. The van der Waals surface area contributed by atoms with E-state index in [-0.39, 0.29) is 23.4 Å². The molecule has 4 heteroatoms. The molecule has 4 rings (SSSR count). The van der Waals surface area contributed by atoms with Gasteiger partial charge in [0.1, 0.15) is 5.58 Å². The monoisotopic (exact) mass is 348 g/mol. The summed E-state index contributed by atoms with van der Waals surface area (Å²) in [6.07, 6.45) is 0.784. The summed E-state index contributed by atoms with van der Waals surface area (Å²) in [7, 11) is 0. The minimum Gasteiger partial charge on any atom is -0.466 e. The number of ether oxygens (including phenoxy) is 1. The van der Waals surface area contributed by atoms with Crippen LogP contribution in [0, 0.1) is 12.8 Å². The standard InChI is InChI=1S/C22H20O4/c1-3-25-22(24)19-11-17(19)14-8-9-16-18(12-21(23)26-20(16)10-14)15-7-5-4-6-13(15)2/h4-10,12,17,19H,3,11H2,1-2H3/t17-,19+/m1/s1. The van der Waals surface area contributed by atoms with Crippen LogP contribution < -0.4 is 5.63 Å². The van der Waals surface area contributed by atoms with Gasteiger partial charge in [-0.2, -0.15) is 0 Å². The highest BCUT2D eigenvalue weighted by Crippen LogP contribution is 2.48. The number of hydrogen-bond donors (Lipinski definition) is 0. The van der Waals surface area contributed by atoms with Gasteiger partial charge in [0.2, 0.25) is 0 Å². The number of rotatable bonds is 4. The zero-order chi connectivity index (χ0) is 18.3. The number of fused-ring (bicyclic) bond motifs is 1. The van der Waals surface area contributed by atoms with Gasteiger partial charge in [-0.25, -0.2) is 4.79 Å². The molecule has 0 aliphatic heterocycles. The number of aryl methyl sites for hydroxylation is 1. The molecule has 1 heterocycles. The molecule has 4 nitrogen and oxygen atoms in total. The van der Waals surface area contributed by atoms with E-state index in [2.05, 4.69) is 0 Å². The first kappa shape index (κ1) is 16.6. The molecule has 0 N–H and O–H groups in total. The van der Waals surface area contributed by atoms with E-state index in [1.165, 1.54) is 0 Å². The molecule has 0 amide bonds. The molecule has 1 fully saturated rings. The molecule has 2 atom stereocenters. The quantitative estimate of drug-likeness (QED) is 0.517. The van der Waals surface area contributed by atoms with E-state index in [0.717, 1.165) is 34.1 Å². The van der Waals surface area contributed by atoms with Gasteiger partial charge in [0.15, 0.2) is 0 Å². The summed E-state index contributed by atoms with van der Waals surface area (Å²) >= 11 is 0. The lowest BCUT2D eigenvalue weighted by Crippen LogP contribution is -2.07. The van der Waals surface area contributed by atoms with Gasteiger partial charge in [-0.3, -0.25) is 4.79 Å². The molecule has 0 saturated heterocycles. The second kappa shape index (κ2) is 6.45. The highest BCUT2D eigenvalue weighted by atomic mass is 16.5. The Hall–Kier alpha value is -2.88. The van der Waals surface area contributed by atoms with Crippen LogP contribution in [0.25, 0.3) is 22.1 Å². The van der Waals surface area contributed by atoms with Crippen LogP contribution in [0.5, 0.6) is 0 Å². The second-order valence-corrected chi connectivity index (χ2v) is 6.75. The molecular weight excluding hydrogens is 328 g/mol. The van der Waals surface area contributed by atoms with E-state index < -0.39 is 0 Å². The van der Waals surface area contributed by atoms with E-state index in [1.54, 1.807) is 6.07 Å². The van der Waals surface area contributed by atoms with E-state index in [9.17, 15) is 9.59 Å². The Kier molecular flexibility index (Phi) is 4.11. The number of carbonyl (C=O) groups excluding carboxylic acids is 1. The van der Waals surface area contributed by atoms with Gasteiger partial charge in [-0.15, -0.1) is 0 Å². The highest BCUT2D eigenvalue weighted by molar-refractivity contribution is 5.94. The summed E-state index contributed by atoms with van der Waals surface area (Å²) in [5.41, 5.74) is 4.20. The Morgan fingerprint density at radius 1 is 1.15 bits per heavy atom. The first-order valence-corrected chi connectivity index (χ1v) is 8.89. The van der Waals surface area contributed by atoms with Crippen LogP contribution in [-0.2, 0) is 9.53 Å². The van der Waals surface area contributed by atoms with Crippen molar-refractivity contribution < 1.29 is 13.9 Å². The molecule has 2 aromatic carbocycles. The summed E-state index contributed by atoms with van der Waals surface area (Å²) in [5.74, 6) is -0.0859. The van der Waals surface area contributed by atoms with Gasteiger partial charge >= 0.3 is 11.6 Å². The molecule has 0 bridgehead atoms. The fourth-order valence-electron chi connectivity index (χ4n) is 3.58. The Balaban J connectivity index is 1.76. The van der Waals surface area contributed by atoms with Crippen LogP contribution in [0.4, 0.5) is 0 Å². The van der Waals surface area contributed by atoms with Crippen molar-refractivity contribution in [2.45, 2.75) is 26.2 Å². The maximum absolute atomic E-state index is 12.1. The van der Waals surface area contributed by atoms with E-state index in [1.807, 2.05) is 56.3 Å². The lowest BCUT2D eigenvalue weighted by atomic mass is 9.96. The predicted octanol–water partition coefficient (Wildman–Crippen LogP) is 4.44. The minimum atomic E-state index is -0.370. The molecule has 1 aliphatic carbocycles. The van der Waals surface area contributed by atoms with Crippen molar-refractivity contribution in [1.82, 2.24) is 0 Å². The summed E-state index contributed by atoms with van der Waals surface area (Å²) in [5, 5.41) is 0.899. The van der Waals surface area contributed by atoms with E-state index in [4.69, 9.17) is 9.15 Å². The number of hydrogen-bond acceptors (Lipinski definition) is 4. The van der Waals surface area contributed by atoms with Gasteiger partial charge in [0, 0.05) is 17.0 Å². The molecule has 1 saturated carbocycles.